The fraction of sp³-hybridized carbons (Fsp3) is 0.200. The Bertz CT molecular complexity index is 553. The number of rotatable bonds is 4. The molecule has 0 bridgehead atoms. The largest absolute Gasteiger partial charge is 0.377 e. The summed E-state index contributed by atoms with van der Waals surface area (Å²) in [7, 11) is 0. The molecule has 0 radical (unpaired) electrons. The van der Waals surface area contributed by atoms with Crippen molar-refractivity contribution < 1.29 is 8.78 Å². The number of nitrogens with two attached hydrogens (primary N) is 1. The summed E-state index contributed by atoms with van der Waals surface area (Å²) in [4.78, 5) is 0. The normalized spacial score (nSPS) is 12.2. The van der Waals surface area contributed by atoms with Crippen LogP contribution in [0.4, 0.5) is 14.5 Å². The topological polar surface area (TPSA) is 38.0 Å². The summed E-state index contributed by atoms with van der Waals surface area (Å²) in [6, 6.07) is 10.5. The summed E-state index contributed by atoms with van der Waals surface area (Å²) in [6.07, 6.45) is 0. The highest BCUT2D eigenvalue weighted by molar-refractivity contribution is 5.46. The van der Waals surface area contributed by atoms with Crippen molar-refractivity contribution in [3.05, 3.63) is 65.2 Å². The summed E-state index contributed by atoms with van der Waals surface area (Å²) in [5, 5.41) is 3.11. The smallest absolute Gasteiger partial charge is 0.128 e. The van der Waals surface area contributed by atoms with Gasteiger partial charge in [-0.15, -0.1) is 0 Å². The second-order valence-corrected chi connectivity index (χ2v) is 4.46. The molecule has 0 spiro atoms. The van der Waals surface area contributed by atoms with Crippen molar-refractivity contribution in [3.63, 3.8) is 0 Å². The highest BCUT2D eigenvalue weighted by Gasteiger charge is 2.14. The standard InChI is InChI=1S/C15H16F2N2/c1-10-2-7-14(17)13(8-10)15(9-18)19-12-5-3-11(16)4-6-12/h2-8,15,19H,9,18H2,1H3. The van der Waals surface area contributed by atoms with E-state index in [0.717, 1.165) is 5.56 Å². The van der Waals surface area contributed by atoms with Gasteiger partial charge in [0, 0.05) is 17.8 Å². The fourth-order valence-electron chi connectivity index (χ4n) is 1.94. The van der Waals surface area contributed by atoms with Crippen LogP contribution in [0, 0.1) is 18.6 Å². The molecule has 1 unspecified atom stereocenters. The number of nitrogens with one attached hydrogen (secondary N) is 1. The minimum absolute atomic E-state index is 0.248. The average Bonchev–Trinajstić information content (AvgIpc) is 2.41. The first kappa shape index (κ1) is 13.5. The molecule has 100 valence electrons. The number of anilines is 1. The lowest BCUT2D eigenvalue weighted by atomic mass is 10.0. The van der Waals surface area contributed by atoms with E-state index < -0.39 is 0 Å². The zero-order chi connectivity index (χ0) is 13.8. The maximum Gasteiger partial charge on any atom is 0.128 e. The van der Waals surface area contributed by atoms with Crippen LogP contribution in [-0.2, 0) is 0 Å². The van der Waals surface area contributed by atoms with Crippen molar-refractivity contribution in [3.8, 4) is 0 Å². The SMILES string of the molecule is Cc1ccc(F)c(C(CN)Nc2ccc(F)cc2)c1. The quantitative estimate of drug-likeness (QED) is 0.886. The monoisotopic (exact) mass is 262 g/mol. The van der Waals surface area contributed by atoms with Crippen molar-refractivity contribution >= 4 is 5.69 Å². The molecule has 2 aromatic rings. The molecule has 0 saturated heterocycles. The number of halogens is 2. The lowest BCUT2D eigenvalue weighted by molar-refractivity contribution is 0.592. The molecule has 0 aromatic heterocycles. The van der Waals surface area contributed by atoms with Crippen LogP contribution in [0.3, 0.4) is 0 Å². The molecule has 0 fully saturated rings. The van der Waals surface area contributed by atoms with Crippen molar-refractivity contribution in [2.24, 2.45) is 5.73 Å². The Morgan fingerprint density at radius 3 is 2.42 bits per heavy atom. The lowest BCUT2D eigenvalue weighted by Gasteiger charge is -2.19. The van der Waals surface area contributed by atoms with Gasteiger partial charge in [-0.2, -0.15) is 0 Å². The molecule has 0 aliphatic heterocycles. The first-order valence-corrected chi connectivity index (χ1v) is 6.08. The zero-order valence-electron chi connectivity index (χ0n) is 10.7. The second kappa shape index (κ2) is 5.80. The van der Waals surface area contributed by atoms with Crippen molar-refractivity contribution in [1.82, 2.24) is 0 Å². The molecule has 0 aliphatic carbocycles. The van der Waals surface area contributed by atoms with Gasteiger partial charge in [0.1, 0.15) is 11.6 Å². The maximum absolute atomic E-state index is 13.8. The highest BCUT2D eigenvalue weighted by Crippen LogP contribution is 2.22. The van der Waals surface area contributed by atoms with Crippen molar-refractivity contribution in [2.75, 3.05) is 11.9 Å². The minimum Gasteiger partial charge on any atom is -0.377 e. The summed E-state index contributed by atoms with van der Waals surface area (Å²) in [5.41, 5.74) is 7.89. The molecule has 4 heteroatoms. The van der Waals surface area contributed by atoms with Crippen LogP contribution >= 0.6 is 0 Å². The van der Waals surface area contributed by atoms with E-state index in [-0.39, 0.29) is 24.2 Å². The predicted molar refractivity (Wildman–Crippen MR) is 73.0 cm³/mol. The van der Waals surface area contributed by atoms with Gasteiger partial charge >= 0.3 is 0 Å². The maximum atomic E-state index is 13.8. The first-order chi connectivity index (χ1) is 9.10. The van der Waals surface area contributed by atoms with Gasteiger partial charge in [0.15, 0.2) is 0 Å². The van der Waals surface area contributed by atoms with Crippen LogP contribution in [0.5, 0.6) is 0 Å². The molecule has 0 heterocycles. The van der Waals surface area contributed by atoms with E-state index in [1.807, 2.05) is 6.92 Å². The van der Waals surface area contributed by atoms with Gasteiger partial charge in [-0.05, 0) is 37.3 Å². The van der Waals surface area contributed by atoms with Gasteiger partial charge in [0.25, 0.3) is 0 Å². The van der Waals surface area contributed by atoms with Crippen LogP contribution < -0.4 is 11.1 Å². The minimum atomic E-state index is -0.342. The number of hydrogen-bond acceptors (Lipinski definition) is 2. The van der Waals surface area contributed by atoms with Crippen LogP contribution in [0.2, 0.25) is 0 Å². The molecule has 0 saturated carbocycles. The van der Waals surface area contributed by atoms with E-state index in [2.05, 4.69) is 5.32 Å². The summed E-state index contributed by atoms with van der Waals surface area (Å²) in [5.74, 6) is -0.604. The Labute approximate surface area is 111 Å². The van der Waals surface area contributed by atoms with E-state index in [9.17, 15) is 8.78 Å². The Morgan fingerprint density at radius 2 is 1.79 bits per heavy atom. The second-order valence-electron chi connectivity index (χ2n) is 4.46. The summed E-state index contributed by atoms with van der Waals surface area (Å²) >= 11 is 0. The van der Waals surface area contributed by atoms with Crippen molar-refractivity contribution in [2.45, 2.75) is 13.0 Å². The van der Waals surface area contributed by atoms with Crippen molar-refractivity contribution in [1.29, 1.82) is 0 Å². The molecule has 0 amide bonds. The number of benzene rings is 2. The van der Waals surface area contributed by atoms with E-state index >= 15 is 0 Å². The molecule has 0 aliphatic rings. The number of hydrogen-bond donors (Lipinski definition) is 2. The Morgan fingerprint density at radius 1 is 1.11 bits per heavy atom. The van der Waals surface area contributed by atoms with Gasteiger partial charge in [-0.3, -0.25) is 0 Å². The van der Waals surface area contributed by atoms with Crippen LogP contribution in [0.1, 0.15) is 17.2 Å². The molecular weight excluding hydrogens is 246 g/mol. The van der Waals surface area contributed by atoms with Gasteiger partial charge in [0.2, 0.25) is 0 Å². The number of aryl methyl sites for hydroxylation is 1. The zero-order valence-corrected chi connectivity index (χ0v) is 10.7. The third kappa shape index (κ3) is 3.29. The van der Waals surface area contributed by atoms with E-state index in [0.29, 0.717) is 11.3 Å². The lowest BCUT2D eigenvalue weighted by Crippen LogP contribution is -2.21. The molecular formula is C15H16F2N2. The summed E-state index contributed by atoms with van der Waals surface area (Å²) < 4.78 is 26.7. The Hall–Kier alpha value is -1.94. The van der Waals surface area contributed by atoms with Crippen LogP contribution in [0.15, 0.2) is 42.5 Å². The Balaban J connectivity index is 2.24. The summed E-state index contributed by atoms with van der Waals surface area (Å²) in [6.45, 7) is 2.15. The first-order valence-electron chi connectivity index (χ1n) is 6.08. The molecule has 2 rings (SSSR count). The molecule has 2 aromatic carbocycles. The van der Waals surface area contributed by atoms with E-state index in [4.69, 9.17) is 5.73 Å². The fourth-order valence-corrected chi connectivity index (χ4v) is 1.94. The predicted octanol–water partition coefficient (Wildman–Crippen LogP) is 3.39. The van der Waals surface area contributed by atoms with E-state index in [1.165, 1.54) is 18.2 Å². The van der Waals surface area contributed by atoms with Gasteiger partial charge < -0.3 is 11.1 Å². The Kier molecular flexibility index (Phi) is 4.12. The molecule has 3 N–H and O–H groups in total. The third-order valence-electron chi connectivity index (χ3n) is 2.95. The van der Waals surface area contributed by atoms with Gasteiger partial charge in [-0.1, -0.05) is 17.7 Å². The third-order valence-corrected chi connectivity index (χ3v) is 2.95. The van der Waals surface area contributed by atoms with Crippen LogP contribution in [0.25, 0.3) is 0 Å². The van der Waals surface area contributed by atoms with Gasteiger partial charge in [0.05, 0.1) is 6.04 Å². The average molecular weight is 262 g/mol. The molecule has 2 nitrogen and oxygen atoms in total. The van der Waals surface area contributed by atoms with Crippen LogP contribution in [-0.4, -0.2) is 6.54 Å². The molecule has 19 heavy (non-hydrogen) atoms. The molecule has 1 atom stereocenters. The van der Waals surface area contributed by atoms with E-state index in [1.54, 1.807) is 24.3 Å². The highest BCUT2D eigenvalue weighted by atomic mass is 19.1. The van der Waals surface area contributed by atoms with Gasteiger partial charge in [-0.25, -0.2) is 8.78 Å².